The van der Waals surface area contributed by atoms with Crippen molar-refractivity contribution >= 4 is 5.71 Å². The lowest BCUT2D eigenvalue weighted by molar-refractivity contribution is 0.211. The van der Waals surface area contributed by atoms with E-state index in [9.17, 15) is 0 Å². The zero-order valence-corrected chi connectivity index (χ0v) is 6.92. The normalized spacial score (nSPS) is 39.5. The SMILES string of the molecule is CO/N=C1\CN2CCCC1C2. The number of nitrogens with zero attached hydrogens (tertiary/aromatic N) is 2. The first-order valence-electron chi connectivity index (χ1n) is 4.22. The third-order valence-corrected chi connectivity index (χ3v) is 2.57. The van der Waals surface area contributed by atoms with Crippen LogP contribution in [-0.2, 0) is 4.84 Å². The summed E-state index contributed by atoms with van der Waals surface area (Å²) in [6, 6.07) is 0. The van der Waals surface area contributed by atoms with E-state index in [0.717, 1.165) is 6.54 Å². The predicted octanol–water partition coefficient (Wildman–Crippen LogP) is 0.714. The third kappa shape index (κ3) is 1.25. The number of oxime groups is 1. The summed E-state index contributed by atoms with van der Waals surface area (Å²) < 4.78 is 0. The molecule has 2 atom stereocenters. The maximum atomic E-state index is 4.80. The summed E-state index contributed by atoms with van der Waals surface area (Å²) in [7, 11) is 1.63. The Bertz CT molecular complexity index is 179. The van der Waals surface area contributed by atoms with Crippen LogP contribution in [0.2, 0.25) is 0 Å². The van der Waals surface area contributed by atoms with E-state index in [1.807, 2.05) is 0 Å². The molecular formula is C8H14N2O. The molecule has 2 aliphatic rings. The first kappa shape index (κ1) is 7.10. The van der Waals surface area contributed by atoms with Gasteiger partial charge in [-0.1, -0.05) is 5.16 Å². The van der Waals surface area contributed by atoms with Gasteiger partial charge in [0.2, 0.25) is 0 Å². The first-order chi connectivity index (χ1) is 5.40. The van der Waals surface area contributed by atoms with Crippen LogP contribution < -0.4 is 0 Å². The smallest absolute Gasteiger partial charge is 0.106 e. The Kier molecular flexibility index (Phi) is 1.82. The molecule has 11 heavy (non-hydrogen) atoms. The topological polar surface area (TPSA) is 24.8 Å². The Morgan fingerprint density at radius 1 is 1.64 bits per heavy atom. The van der Waals surface area contributed by atoms with Gasteiger partial charge in [0.05, 0.1) is 5.71 Å². The molecule has 0 aromatic carbocycles. The van der Waals surface area contributed by atoms with Crippen molar-refractivity contribution in [1.29, 1.82) is 0 Å². The van der Waals surface area contributed by atoms with Crippen molar-refractivity contribution in [2.24, 2.45) is 11.1 Å². The van der Waals surface area contributed by atoms with Gasteiger partial charge in [-0.3, -0.25) is 4.90 Å². The van der Waals surface area contributed by atoms with E-state index in [1.165, 1.54) is 31.6 Å². The fourth-order valence-corrected chi connectivity index (χ4v) is 2.05. The molecule has 0 spiro atoms. The van der Waals surface area contributed by atoms with E-state index in [0.29, 0.717) is 5.92 Å². The summed E-state index contributed by atoms with van der Waals surface area (Å²) >= 11 is 0. The van der Waals surface area contributed by atoms with Gasteiger partial charge in [0.15, 0.2) is 0 Å². The molecule has 2 bridgehead atoms. The van der Waals surface area contributed by atoms with Crippen molar-refractivity contribution in [1.82, 2.24) is 4.90 Å². The fourth-order valence-electron chi connectivity index (χ4n) is 2.05. The second-order valence-corrected chi connectivity index (χ2v) is 3.34. The Hall–Kier alpha value is -0.570. The van der Waals surface area contributed by atoms with E-state index in [1.54, 1.807) is 7.11 Å². The molecule has 0 aliphatic carbocycles. The van der Waals surface area contributed by atoms with Crippen molar-refractivity contribution in [2.75, 3.05) is 26.7 Å². The monoisotopic (exact) mass is 154 g/mol. The van der Waals surface area contributed by atoms with Crippen LogP contribution in [0.5, 0.6) is 0 Å². The van der Waals surface area contributed by atoms with Gasteiger partial charge in [-0.15, -0.1) is 0 Å². The van der Waals surface area contributed by atoms with Gasteiger partial charge in [0.1, 0.15) is 7.11 Å². The van der Waals surface area contributed by atoms with Crippen molar-refractivity contribution in [3.05, 3.63) is 0 Å². The molecule has 2 fully saturated rings. The fraction of sp³-hybridized carbons (Fsp3) is 0.875. The highest BCUT2D eigenvalue weighted by molar-refractivity contribution is 5.90. The minimum atomic E-state index is 0.698. The standard InChI is InChI=1S/C8H14N2O/c1-11-9-8-6-10-4-2-3-7(8)5-10/h7H,2-6H2,1H3/b9-8+. The van der Waals surface area contributed by atoms with E-state index < -0.39 is 0 Å². The van der Waals surface area contributed by atoms with Gasteiger partial charge in [0, 0.05) is 19.0 Å². The van der Waals surface area contributed by atoms with E-state index in [4.69, 9.17) is 4.84 Å². The summed E-state index contributed by atoms with van der Waals surface area (Å²) in [6.45, 7) is 3.50. The van der Waals surface area contributed by atoms with Crippen LogP contribution in [0.25, 0.3) is 0 Å². The molecule has 2 aliphatic heterocycles. The molecule has 2 unspecified atom stereocenters. The molecular weight excluding hydrogens is 140 g/mol. The van der Waals surface area contributed by atoms with Crippen LogP contribution in [-0.4, -0.2) is 37.4 Å². The number of fused-ring (bicyclic) bond motifs is 2. The Labute approximate surface area is 67.0 Å². The highest BCUT2D eigenvalue weighted by Gasteiger charge is 2.32. The van der Waals surface area contributed by atoms with Gasteiger partial charge in [-0.05, 0) is 19.4 Å². The molecule has 0 amide bonds. The largest absolute Gasteiger partial charge is 0.399 e. The van der Waals surface area contributed by atoms with Gasteiger partial charge in [-0.2, -0.15) is 0 Å². The van der Waals surface area contributed by atoms with Crippen LogP contribution in [0, 0.1) is 5.92 Å². The minimum Gasteiger partial charge on any atom is -0.399 e. The minimum absolute atomic E-state index is 0.698. The zero-order valence-electron chi connectivity index (χ0n) is 6.92. The molecule has 3 nitrogen and oxygen atoms in total. The van der Waals surface area contributed by atoms with Crippen LogP contribution >= 0.6 is 0 Å². The first-order valence-corrected chi connectivity index (χ1v) is 4.22. The average molecular weight is 154 g/mol. The van der Waals surface area contributed by atoms with Crippen LogP contribution in [0.1, 0.15) is 12.8 Å². The Morgan fingerprint density at radius 3 is 3.27 bits per heavy atom. The molecule has 0 saturated carbocycles. The number of hydrogen-bond acceptors (Lipinski definition) is 3. The quantitative estimate of drug-likeness (QED) is 0.520. The van der Waals surface area contributed by atoms with E-state index in [-0.39, 0.29) is 0 Å². The van der Waals surface area contributed by atoms with Crippen LogP contribution in [0.15, 0.2) is 5.16 Å². The summed E-state index contributed by atoms with van der Waals surface area (Å²) in [5.41, 5.74) is 1.25. The third-order valence-electron chi connectivity index (χ3n) is 2.57. The molecule has 2 heterocycles. The Balaban J connectivity index is 2.08. The highest BCUT2D eigenvalue weighted by atomic mass is 16.6. The van der Waals surface area contributed by atoms with Crippen LogP contribution in [0.3, 0.4) is 0 Å². The molecule has 0 aromatic rings. The second kappa shape index (κ2) is 2.81. The summed E-state index contributed by atoms with van der Waals surface area (Å²) in [4.78, 5) is 7.25. The molecule has 62 valence electrons. The summed E-state index contributed by atoms with van der Waals surface area (Å²) in [5, 5.41) is 4.04. The van der Waals surface area contributed by atoms with Gasteiger partial charge in [0.25, 0.3) is 0 Å². The number of rotatable bonds is 1. The molecule has 3 heteroatoms. The lowest BCUT2D eigenvalue weighted by Gasteiger charge is -2.19. The summed E-state index contributed by atoms with van der Waals surface area (Å²) in [5.74, 6) is 0.698. The van der Waals surface area contributed by atoms with Gasteiger partial charge >= 0.3 is 0 Å². The molecule has 0 radical (unpaired) electrons. The maximum Gasteiger partial charge on any atom is 0.106 e. The van der Waals surface area contributed by atoms with Crippen molar-refractivity contribution in [3.63, 3.8) is 0 Å². The van der Waals surface area contributed by atoms with E-state index >= 15 is 0 Å². The summed E-state index contributed by atoms with van der Waals surface area (Å²) in [6.07, 6.45) is 2.63. The van der Waals surface area contributed by atoms with Crippen molar-refractivity contribution < 1.29 is 4.84 Å². The average Bonchev–Trinajstić information content (AvgIpc) is 2.29. The molecule has 0 N–H and O–H groups in total. The number of hydrogen-bond donors (Lipinski definition) is 0. The molecule has 2 saturated heterocycles. The highest BCUT2D eigenvalue weighted by Crippen LogP contribution is 2.24. The van der Waals surface area contributed by atoms with Crippen molar-refractivity contribution in [3.8, 4) is 0 Å². The zero-order chi connectivity index (χ0) is 7.68. The van der Waals surface area contributed by atoms with Crippen molar-refractivity contribution in [2.45, 2.75) is 12.8 Å². The lowest BCUT2D eigenvalue weighted by Crippen LogP contribution is -2.25. The number of piperidine rings is 1. The Morgan fingerprint density at radius 2 is 2.55 bits per heavy atom. The van der Waals surface area contributed by atoms with E-state index in [2.05, 4.69) is 10.1 Å². The molecule has 2 rings (SSSR count). The maximum absolute atomic E-state index is 4.80. The predicted molar refractivity (Wildman–Crippen MR) is 43.6 cm³/mol. The van der Waals surface area contributed by atoms with Gasteiger partial charge < -0.3 is 4.84 Å². The second-order valence-electron chi connectivity index (χ2n) is 3.34. The van der Waals surface area contributed by atoms with Crippen LogP contribution in [0.4, 0.5) is 0 Å². The van der Waals surface area contributed by atoms with Gasteiger partial charge in [-0.25, -0.2) is 0 Å². The lowest BCUT2D eigenvalue weighted by atomic mass is 9.99. The molecule has 0 aromatic heterocycles.